The van der Waals surface area contributed by atoms with Crippen molar-refractivity contribution in [1.29, 1.82) is 0 Å². The van der Waals surface area contributed by atoms with Gasteiger partial charge in [-0.25, -0.2) is 4.98 Å². The molecule has 0 bridgehead atoms. The molecule has 1 saturated carbocycles. The van der Waals surface area contributed by atoms with Crippen LogP contribution >= 0.6 is 0 Å². The Bertz CT molecular complexity index is 1010. The summed E-state index contributed by atoms with van der Waals surface area (Å²) in [5, 5.41) is 4.16. The van der Waals surface area contributed by atoms with Crippen molar-refractivity contribution in [2.45, 2.75) is 38.6 Å². The summed E-state index contributed by atoms with van der Waals surface area (Å²) in [6.45, 7) is 2.61. The van der Waals surface area contributed by atoms with Gasteiger partial charge in [0.25, 0.3) is 5.91 Å². The zero-order valence-corrected chi connectivity index (χ0v) is 16.3. The minimum absolute atomic E-state index is 0.0391. The van der Waals surface area contributed by atoms with Crippen LogP contribution in [-0.2, 0) is 7.05 Å². The number of oxazole rings is 1. The Balaban J connectivity index is 1.47. The van der Waals surface area contributed by atoms with Crippen LogP contribution in [-0.4, -0.2) is 32.1 Å². The third-order valence-corrected chi connectivity index (χ3v) is 6.30. The van der Waals surface area contributed by atoms with Crippen LogP contribution in [0.3, 0.4) is 0 Å². The van der Waals surface area contributed by atoms with Crippen molar-refractivity contribution in [2.24, 2.45) is 12.5 Å². The number of carbonyl (C=O) groups is 1. The lowest BCUT2D eigenvalue weighted by Crippen LogP contribution is -2.59. The topological polar surface area (TPSA) is 64.2 Å². The van der Waals surface area contributed by atoms with E-state index in [9.17, 15) is 4.79 Å². The van der Waals surface area contributed by atoms with E-state index < -0.39 is 0 Å². The molecule has 2 fully saturated rings. The van der Waals surface area contributed by atoms with E-state index in [4.69, 9.17) is 4.42 Å². The zero-order chi connectivity index (χ0) is 19.3. The Kier molecular flexibility index (Phi) is 3.89. The number of aryl methyl sites for hydroxylation is 2. The Labute approximate surface area is 164 Å². The standard InChI is InChI=1S/C22H24N4O2/c1-15-18(24-20(28-15)17-12-23-25(2)13-17)21(27)26-14-22(10-6-7-11-22)19(26)16-8-4-3-5-9-16/h3-5,8-9,12-13,19H,6-7,10-11,14H2,1-2H3. The van der Waals surface area contributed by atoms with Gasteiger partial charge in [-0.1, -0.05) is 43.2 Å². The summed E-state index contributed by atoms with van der Waals surface area (Å²) >= 11 is 0. The van der Waals surface area contributed by atoms with Gasteiger partial charge in [0.15, 0.2) is 5.69 Å². The number of hydrogen-bond donors (Lipinski definition) is 0. The van der Waals surface area contributed by atoms with Crippen molar-refractivity contribution in [3.63, 3.8) is 0 Å². The predicted octanol–water partition coefficient (Wildman–Crippen LogP) is 4.14. The van der Waals surface area contributed by atoms with E-state index in [-0.39, 0.29) is 17.4 Å². The number of aromatic nitrogens is 3. The van der Waals surface area contributed by atoms with Crippen molar-refractivity contribution in [3.8, 4) is 11.5 Å². The number of nitrogens with zero attached hydrogens (tertiary/aromatic N) is 4. The van der Waals surface area contributed by atoms with Crippen LogP contribution in [0.1, 0.15) is 53.5 Å². The largest absolute Gasteiger partial charge is 0.440 e. The Morgan fingerprint density at radius 3 is 2.64 bits per heavy atom. The molecule has 1 spiro atoms. The first-order chi connectivity index (χ1) is 13.6. The first kappa shape index (κ1) is 17.2. The van der Waals surface area contributed by atoms with E-state index in [1.165, 1.54) is 31.2 Å². The van der Waals surface area contributed by atoms with Crippen LogP contribution in [0.25, 0.3) is 11.5 Å². The molecule has 0 N–H and O–H groups in total. The molecule has 6 nitrogen and oxygen atoms in total. The van der Waals surface area contributed by atoms with Crippen molar-refractivity contribution in [2.75, 3.05) is 6.54 Å². The fourth-order valence-corrected chi connectivity index (χ4v) is 4.99. The molecule has 5 rings (SSSR count). The lowest BCUT2D eigenvalue weighted by molar-refractivity contribution is -0.0514. The maximum Gasteiger partial charge on any atom is 0.276 e. The molecular formula is C22H24N4O2. The molecule has 1 amide bonds. The molecule has 2 aliphatic rings. The zero-order valence-electron chi connectivity index (χ0n) is 16.3. The minimum Gasteiger partial charge on any atom is -0.440 e. The highest BCUT2D eigenvalue weighted by atomic mass is 16.4. The second-order valence-corrected chi connectivity index (χ2v) is 8.14. The quantitative estimate of drug-likeness (QED) is 0.689. The Morgan fingerprint density at radius 2 is 1.96 bits per heavy atom. The molecule has 3 aromatic rings. The highest BCUT2D eigenvalue weighted by molar-refractivity contribution is 5.94. The SMILES string of the molecule is Cc1oc(-c2cnn(C)c2)nc1C(=O)N1CC2(CCCC2)C1c1ccccc1. The maximum atomic E-state index is 13.4. The van der Waals surface area contributed by atoms with Crippen LogP contribution in [0, 0.1) is 12.3 Å². The lowest BCUT2D eigenvalue weighted by atomic mass is 9.67. The van der Waals surface area contributed by atoms with E-state index in [1.807, 2.05) is 31.1 Å². The van der Waals surface area contributed by atoms with Gasteiger partial charge in [-0.3, -0.25) is 9.48 Å². The summed E-state index contributed by atoms with van der Waals surface area (Å²) in [5.41, 5.74) is 2.63. The van der Waals surface area contributed by atoms with E-state index in [0.717, 1.165) is 12.1 Å². The molecule has 2 aromatic heterocycles. The van der Waals surface area contributed by atoms with Gasteiger partial charge >= 0.3 is 0 Å². The molecule has 1 aliphatic heterocycles. The predicted molar refractivity (Wildman–Crippen MR) is 105 cm³/mol. The minimum atomic E-state index is -0.0391. The molecule has 6 heteroatoms. The summed E-state index contributed by atoms with van der Waals surface area (Å²) < 4.78 is 7.50. The van der Waals surface area contributed by atoms with Crippen LogP contribution in [0.2, 0.25) is 0 Å². The van der Waals surface area contributed by atoms with Gasteiger partial charge < -0.3 is 9.32 Å². The van der Waals surface area contributed by atoms with Gasteiger partial charge in [0, 0.05) is 25.2 Å². The Hall–Kier alpha value is -2.89. The first-order valence-corrected chi connectivity index (χ1v) is 9.90. The molecule has 1 saturated heterocycles. The fourth-order valence-electron chi connectivity index (χ4n) is 4.99. The van der Waals surface area contributed by atoms with Crippen molar-refractivity contribution in [1.82, 2.24) is 19.7 Å². The average Bonchev–Trinajstić information content (AvgIpc) is 3.41. The van der Waals surface area contributed by atoms with Gasteiger partial charge in [0.1, 0.15) is 5.76 Å². The summed E-state index contributed by atoms with van der Waals surface area (Å²) in [6.07, 6.45) is 8.41. The Morgan fingerprint density at radius 1 is 1.21 bits per heavy atom. The number of benzene rings is 1. The van der Waals surface area contributed by atoms with Crippen molar-refractivity contribution < 1.29 is 9.21 Å². The molecule has 28 heavy (non-hydrogen) atoms. The molecule has 1 unspecified atom stereocenters. The average molecular weight is 376 g/mol. The monoisotopic (exact) mass is 376 g/mol. The van der Waals surface area contributed by atoms with Gasteiger partial charge in [-0.15, -0.1) is 0 Å². The lowest BCUT2D eigenvalue weighted by Gasteiger charge is -2.56. The molecular weight excluding hydrogens is 352 g/mol. The summed E-state index contributed by atoms with van der Waals surface area (Å²) in [5.74, 6) is 0.965. The molecule has 1 aromatic carbocycles. The van der Waals surface area contributed by atoms with Gasteiger partial charge in [0.05, 0.1) is 17.8 Å². The van der Waals surface area contributed by atoms with Gasteiger partial charge in [-0.2, -0.15) is 5.10 Å². The normalized spacial score (nSPS) is 20.5. The third-order valence-electron chi connectivity index (χ3n) is 6.30. The number of likely N-dealkylation sites (tertiary alicyclic amines) is 1. The van der Waals surface area contributed by atoms with Crippen LogP contribution in [0.4, 0.5) is 0 Å². The number of rotatable bonds is 3. The van der Waals surface area contributed by atoms with Gasteiger partial charge in [-0.05, 0) is 25.3 Å². The first-order valence-electron chi connectivity index (χ1n) is 9.90. The molecule has 1 atom stereocenters. The summed E-state index contributed by atoms with van der Waals surface area (Å²) in [6, 6.07) is 10.5. The summed E-state index contributed by atoms with van der Waals surface area (Å²) in [7, 11) is 1.84. The molecule has 1 aliphatic carbocycles. The molecule has 144 valence electrons. The van der Waals surface area contributed by atoms with E-state index in [1.54, 1.807) is 10.9 Å². The third kappa shape index (κ3) is 2.58. The van der Waals surface area contributed by atoms with Crippen molar-refractivity contribution in [3.05, 3.63) is 59.7 Å². The maximum absolute atomic E-state index is 13.4. The second-order valence-electron chi connectivity index (χ2n) is 8.14. The number of hydrogen-bond acceptors (Lipinski definition) is 4. The second kappa shape index (κ2) is 6.33. The van der Waals surface area contributed by atoms with E-state index >= 15 is 0 Å². The van der Waals surface area contributed by atoms with Crippen LogP contribution < -0.4 is 0 Å². The summed E-state index contributed by atoms with van der Waals surface area (Å²) in [4.78, 5) is 19.9. The number of amides is 1. The van der Waals surface area contributed by atoms with Crippen LogP contribution in [0.15, 0.2) is 47.1 Å². The fraction of sp³-hybridized carbons (Fsp3) is 0.409. The molecule has 3 heterocycles. The van der Waals surface area contributed by atoms with Gasteiger partial charge in [0.2, 0.25) is 5.89 Å². The van der Waals surface area contributed by atoms with Crippen molar-refractivity contribution >= 4 is 5.91 Å². The van der Waals surface area contributed by atoms with Crippen LogP contribution in [0.5, 0.6) is 0 Å². The number of carbonyl (C=O) groups excluding carboxylic acids is 1. The highest BCUT2D eigenvalue weighted by Crippen LogP contribution is 2.58. The van der Waals surface area contributed by atoms with E-state index in [2.05, 4.69) is 34.3 Å². The smallest absolute Gasteiger partial charge is 0.276 e. The molecule has 0 radical (unpaired) electrons. The highest BCUT2D eigenvalue weighted by Gasteiger charge is 2.56. The van der Waals surface area contributed by atoms with E-state index in [0.29, 0.717) is 17.3 Å².